The molecule has 1 heterocycles. The smallest absolute Gasteiger partial charge is 0.411 e. The Labute approximate surface area is 196 Å². The van der Waals surface area contributed by atoms with Crippen LogP contribution in [0.25, 0.3) is 11.1 Å². The Kier molecular flexibility index (Phi) is 6.36. The average Bonchev–Trinajstić information content (AvgIpc) is 3.39. The van der Waals surface area contributed by atoms with Crippen LogP contribution >= 0.6 is 0 Å². The number of nitrogens with zero attached hydrogens (tertiary/aromatic N) is 2. The number of carbonyl (C=O) groups excluding carboxylic acids is 2. The fraction of sp³-hybridized carbons (Fsp3) is 0.280. The summed E-state index contributed by atoms with van der Waals surface area (Å²) in [5.74, 6) is -1.66. The third-order valence-corrected chi connectivity index (χ3v) is 6.12. The molecule has 1 aliphatic rings. The Morgan fingerprint density at radius 3 is 2.29 bits per heavy atom. The Morgan fingerprint density at radius 1 is 1.09 bits per heavy atom. The molecule has 4 rings (SSSR count). The molecule has 0 bridgehead atoms. The fourth-order valence-corrected chi connectivity index (χ4v) is 4.05. The summed E-state index contributed by atoms with van der Waals surface area (Å²) in [5.41, 5.74) is 3.54. The van der Waals surface area contributed by atoms with E-state index >= 15 is 0 Å². The first-order valence-corrected chi connectivity index (χ1v) is 11.0. The molecule has 9 nitrogen and oxygen atoms in total. The van der Waals surface area contributed by atoms with Gasteiger partial charge < -0.3 is 15.2 Å². The molecule has 176 valence electrons. The summed E-state index contributed by atoms with van der Waals surface area (Å²) < 4.78 is 6.82. The summed E-state index contributed by atoms with van der Waals surface area (Å²) in [4.78, 5) is 36.0. The van der Waals surface area contributed by atoms with Gasteiger partial charge in [0.05, 0.1) is 11.9 Å². The van der Waals surface area contributed by atoms with Crippen molar-refractivity contribution in [3.63, 3.8) is 0 Å². The van der Waals surface area contributed by atoms with Crippen LogP contribution in [-0.4, -0.2) is 45.0 Å². The molecule has 3 aromatic rings. The molecule has 2 amide bonds. The molecule has 0 aliphatic heterocycles. The molecule has 1 unspecified atom stereocenters. The molecule has 1 aliphatic carbocycles. The summed E-state index contributed by atoms with van der Waals surface area (Å²) in [6, 6.07) is 16.2. The summed E-state index contributed by atoms with van der Waals surface area (Å²) in [6.45, 7) is 3.12. The number of carboxylic acid groups (broad SMARTS) is 1. The van der Waals surface area contributed by atoms with Gasteiger partial charge in [0.1, 0.15) is 18.7 Å². The molecular formula is C25H26N4O5. The lowest BCUT2D eigenvalue weighted by Gasteiger charge is -2.24. The van der Waals surface area contributed by atoms with Crippen LogP contribution in [0.2, 0.25) is 0 Å². The summed E-state index contributed by atoms with van der Waals surface area (Å²) in [7, 11) is 0. The number of aliphatic carboxylic acids is 1. The SMILES string of the molecule is CCC(C)(NC(=O)Cn1cc(NC(=O)OCC2c3ccccc3-c3ccccc32)cn1)C(=O)O. The Bertz CT molecular complexity index is 1190. The van der Waals surface area contributed by atoms with Crippen LogP contribution in [0.3, 0.4) is 0 Å². The van der Waals surface area contributed by atoms with E-state index in [9.17, 15) is 19.5 Å². The number of benzene rings is 2. The van der Waals surface area contributed by atoms with Gasteiger partial charge >= 0.3 is 12.1 Å². The number of hydrogen-bond donors (Lipinski definition) is 3. The third-order valence-electron chi connectivity index (χ3n) is 6.12. The Hall–Kier alpha value is -4.14. The van der Waals surface area contributed by atoms with Crippen molar-refractivity contribution in [1.82, 2.24) is 15.1 Å². The third kappa shape index (κ3) is 4.63. The quantitative estimate of drug-likeness (QED) is 0.470. The number of aromatic nitrogens is 2. The molecule has 1 atom stereocenters. The zero-order valence-electron chi connectivity index (χ0n) is 18.9. The van der Waals surface area contributed by atoms with E-state index in [-0.39, 0.29) is 25.5 Å². The molecule has 9 heteroatoms. The number of ether oxygens (including phenoxy) is 1. The van der Waals surface area contributed by atoms with Gasteiger partial charge in [0.15, 0.2) is 0 Å². The Morgan fingerprint density at radius 2 is 1.71 bits per heavy atom. The molecule has 0 fully saturated rings. The second kappa shape index (κ2) is 9.38. The number of carboxylic acids is 1. The van der Waals surface area contributed by atoms with E-state index in [1.165, 1.54) is 24.0 Å². The van der Waals surface area contributed by atoms with Gasteiger partial charge in [-0.15, -0.1) is 0 Å². The number of amides is 2. The molecule has 1 aromatic heterocycles. The van der Waals surface area contributed by atoms with Crippen LogP contribution in [-0.2, 0) is 20.9 Å². The maximum absolute atomic E-state index is 12.4. The maximum Gasteiger partial charge on any atom is 0.411 e. The second-order valence-electron chi connectivity index (χ2n) is 8.42. The van der Waals surface area contributed by atoms with Crippen molar-refractivity contribution in [2.24, 2.45) is 0 Å². The molecule has 0 saturated carbocycles. The number of rotatable bonds is 8. The molecule has 2 aromatic carbocycles. The topological polar surface area (TPSA) is 123 Å². The van der Waals surface area contributed by atoms with Crippen molar-refractivity contribution >= 4 is 23.7 Å². The van der Waals surface area contributed by atoms with Gasteiger partial charge in [-0.2, -0.15) is 5.10 Å². The van der Waals surface area contributed by atoms with Gasteiger partial charge in [0.2, 0.25) is 5.91 Å². The van der Waals surface area contributed by atoms with Crippen molar-refractivity contribution in [2.45, 2.75) is 38.3 Å². The van der Waals surface area contributed by atoms with E-state index in [1.54, 1.807) is 6.92 Å². The Balaban J connectivity index is 1.34. The van der Waals surface area contributed by atoms with Crippen molar-refractivity contribution < 1.29 is 24.2 Å². The molecule has 34 heavy (non-hydrogen) atoms. The summed E-state index contributed by atoms with van der Waals surface area (Å²) >= 11 is 0. The minimum Gasteiger partial charge on any atom is -0.480 e. The van der Waals surface area contributed by atoms with E-state index in [0.29, 0.717) is 5.69 Å². The van der Waals surface area contributed by atoms with E-state index < -0.39 is 23.5 Å². The highest BCUT2D eigenvalue weighted by molar-refractivity contribution is 5.87. The first kappa shape index (κ1) is 23.0. The molecule has 0 radical (unpaired) electrons. The van der Waals surface area contributed by atoms with Crippen molar-refractivity contribution in [3.05, 3.63) is 72.1 Å². The zero-order chi connectivity index (χ0) is 24.3. The second-order valence-corrected chi connectivity index (χ2v) is 8.42. The van der Waals surface area contributed by atoms with E-state index in [2.05, 4.69) is 27.9 Å². The normalized spacial score (nSPS) is 13.9. The minimum atomic E-state index is -1.35. The summed E-state index contributed by atoms with van der Waals surface area (Å²) in [5, 5.41) is 18.4. The molecule has 0 saturated heterocycles. The van der Waals surface area contributed by atoms with Crippen LogP contribution in [0.5, 0.6) is 0 Å². The molecular weight excluding hydrogens is 436 g/mol. The number of nitrogens with one attached hydrogen (secondary N) is 2. The summed E-state index contributed by atoms with van der Waals surface area (Å²) in [6.07, 6.45) is 2.48. The first-order valence-electron chi connectivity index (χ1n) is 11.0. The lowest BCUT2D eigenvalue weighted by molar-refractivity contribution is -0.147. The van der Waals surface area contributed by atoms with Crippen molar-refractivity contribution in [2.75, 3.05) is 11.9 Å². The van der Waals surface area contributed by atoms with Gasteiger partial charge in [0.25, 0.3) is 0 Å². The van der Waals surface area contributed by atoms with E-state index in [0.717, 1.165) is 22.3 Å². The predicted octanol–water partition coefficient (Wildman–Crippen LogP) is 3.61. The van der Waals surface area contributed by atoms with Crippen LogP contribution in [0, 0.1) is 0 Å². The highest BCUT2D eigenvalue weighted by atomic mass is 16.5. The van der Waals surface area contributed by atoms with Crippen LogP contribution in [0.1, 0.15) is 37.3 Å². The average molecular weight is 463 g/mol. The highest BCUT2D eigenvalue weighted by Crippen LogP contribution is 2.44. The highest BCUT2D eigenvalue weighted by Gasteiger charge is 2.33. The molecule has 3 N–H and O–H groups in total. The lowest BCUT2D eigenvalue weighted by atomic mass is 9.98. The monoisotopic (exact) mass is 462 g/mol. The first-order chi connectivity index (χ1) is 16.3. The molecule has 0 spiro atoms. The largest absolute Gasteiger partial charge is 0.480 e. The van der Waals surface area contributed by atoms with Gasteiger partial charge in [-0.05, 0) is 35.6 Å². The van der Waals surface area contributed by atoms with Gasteiger partial charge in [-0.25, -0.2) is 9.59 Å². The van der Waals surface area contributed by atoms with Gasteiger partial charge in [-0.1, -0.05) is 55.5 Å². The van der Waals surface area contributed by atoms with E-state index in [1.807, 2.05) is 36.4 Å². The van der Waals surface area contributed by atoms with Gasteiger partial charge in [0, 0.05) is 12.1 Å². The number of fused-ring (bicyclic) bond motifs is 3. The van der Waals surface area contributed by atoms with Gasteiger partial charge in [-0.3, -0.25) is 14.8 Å². The minimum absolute atomic E-state index is 0.0494. The fourth-order valence-electron chi connectivity index (χ4n) is 4.05. The van der Waals surface area contributed by atoms with E-state index in [4.69, 9.17) is 4.74 Å². The van der Waals surface area contributed by atoms with Crippen LogP contribution in [0.4, 0.5) is 10.5 Å². The number of anilines is 1. The standard InChI is InChI=1S/C25H26N4O5/c1-3-25(2,23(31)32)28-22(30)14-29-13-16(12-26-29)27-24(33)34-15-21-19-10-6-4-8-17(19)18-9-5-7-11-20(18)21/h4-13,21H,3,14-15H2,1-2H3,(H,27,33)(H,28,30)(H,31,32). The number of carbonyl (C=O) groups is 3. The van der Waals surface area contributed by atoms with Crippen LogP contribution in [0.15, 0.2) is 60.9 Å². The lowest BCUT2D eigenvalue weighted by Crippen LogP contribution is -2.52. The van der Waals surface area contributed by atoms with Crippen molar-refractivity contribution in [1.29, 1.82) is 0 Å². The van der Waals surface area contributed by atoms with Crippen LogP contribution < -0.4 is 10.6 Å². The number of hydrogen-bond acceptors (Lipinski definition) is 5. The van der Waals surface area contributed by atoms with Crippen molar-refractivity contribution in [3.8, 4) is 11.1 Å². The maximum atomic E-state index is 12.4. The zero-order valence-corrected chi connectivity index (χ0v) is 18.9. The predicted molar refractivity (Wildman–Crippen MR) is 125 cm³/mol.